The molecule has 1 N–H and O–H groups in total. The molecule has 94 valence electrons. The lowest BCUT2D eigenvalue weighted by Crippen LogP contribution is -2.17. The largest absolute Gasteiger partial charge is 0.309 e. The van der Waals surface area contributed by atoms with Gasteiger partial charge in [0.15, 0.2) is 0 Å². The summed E-state index contributed by atoms with van der Waals surface area (Å²) in [6.07, 6.45) is 1.09. The van der Waals surface area contributed by atoms with Crippen LogP contribution in [0, 0.1) is 6.92 Å². The number of hydrogen-bond acceptors (Lipinski definition) is 1. The molecule has 18 heavy (non-hydrogen) atoms. The highest BCUT2D eigenvalue weighted by atomic mass is 14.9. The number of benzene rings is 2. The predicted octanol–water partition coefficient (Wildman–Crippen LogP) is 3.87. The molecule has 0 heterocycles. The summed E-state index contributed by atoms with van der Waals surface area (Å²) in [5, 5.41) is 3.40. The molecule has 0 spiro atoms. The standard InChI is InChI=1S/C17H21N/c1-4-14-8-10-15(11-9-14)17(18-3)16-7-5-6-13(2)12-16/h5-12,17-18H,4H2,1-3H3. The van der Waals surface area contributed by atoms with Crippen molar-refractivity contribution in [2.24, 2.45) is 0 Å². The van der Waals surface area contributed by atoms with Crippen molar-refractivity contribution in [1.82, 2.24) is 5.32 Å². The monoisotopic (exact) mass is 239 g/mol. The zero-order valence-corrected chi connectivity index (χ0v) is 11.4. The zero-order chi connectivity index (χ0) is 13.0. The van der Waals surface area contributed by atoms with Gasteiger partial charge in [-0.1, -0.05) is 61.0 Å². The zero-order valence-electron chi connectivity index (χ0n) is 11.4. The molecule has 1 unspecified atom stereocenters. The van der Waals surface area contributed by atoms with Crippen molar-refractivity contribution < 1.29 is 0 Å². The molecule has 2 aromatic carbocycles. The highest BCUT2D eigenvalue weighted by Crippen LogP contribution is 2.22. The molecule has 0 bridgehead atoms. The molecule has 0 aliphatic heterocycles. The van der Waals surface area contributed by atoms with Gasteiger partial charge in [-0.15, -0.1) is 0 Å². The van der Waals surface area contributed by atoms with E-state index in [1.165, 1.54) is 22.3 Å². The smallest absolute Gasteiger partial charge is 0.0574 e. The van der Waals surface area contributed by atoms with E-state index in [1.54, 1.807) is 0 Å². The Morgan fingerprint density at radius 2 is 1.72 bits per heavy atom. The second-order valence-electron chi connectivity index (χ2n) is 4.73. The van der Waals surface area contributed by atoms with Crippen LogP contribution in [0.1, 0.15) is 35.2 Å². The Morgan fingerprint density at radius 1 is 1.00 bits per heavy atom. The molecule has 0 aliphatic rings. The SMILES string of the molecule is CCc1ccc(C(NC)c2cccc(C)c2)cc1. The van der Waals surface area contributed by atoms with Gasteiger partial charge >= 0.3 is 0 Å². The summed E-state index contributed by atoms with van der Waals surface area (Å²) in [6, 6.07) is 17.8. The molecule has 0 amide bonds. The molecule has 0 saturated carbocycles. The van der Waals surface area contributed by atoms with Gasteiger partial charge in [-0.25, -0.2) is 0 Å². The summed E-state index contributed by atoms with van der Waals surface area (Å²) in [5.74, 6) is 0. The van der Waals surface area contributed by atoms with Crippen molar-refractivity contribution in [3.8, 4) is 0 Å². The normalized spacial score (nSPS) is 12.4. The van der Waals surface area contributed by atoms with Crippen LogP contribution >= 0.6 is 0 Å². The third-order valence-electron chi connectivity index (χ3n) is 3.39. The van der Waals surface area contributed by atoms with Gasteiger partial charge < -0.3 is 5.32 Å². The third-order valence-corrected chi connectivity index (χ3v) is 3.39. The lowest BCUT2D eigenvalue weighted by Gasteiger charge is -2.18. The molecule has 2 aromatic rings. The fraction of sp³-hybridized carbons (Fsp3) is 0.294. The van der Waals surface area contributed by atoms with Gasteiger partial charge in [0.05, 0.1) is 6.04 Å². The van der Waals surface area contributed by atoms with Crippen LogP contribution in [-0.2, 0) is 6.42 Å². The van der Waals surface area contributed by atoms with Crippen LogP contribution < -0.4 is 5.32 Å². The summed E-state index contributed by atoms with van der Waals surface area (Å²) < 4.78 is 0. The number of rotatable bonds is 4. The van der Waals surface area contributed by atoms with Crippen molar-refractivity contribution in [2.75, 3.05) is 7.05 Å². The average molecular weight is 239 g/mol. The Morgan fingerprint density at radius 3 is 2.28 bits per heavy atom. The molecule has 0 aliphatic carbocycles. The molecular weight excluding hydrogens is 218 g/mol. The van der Waals surface area contributed by atoms with Gasteiger partial charge in [-0.3, -0.25) is 0 Å². The summed E-state index contributed by atoms with van der Waals surface area (Å²) in [4.78, 5) is 0. The average Bonchev–Trinajstić information content (AvgIpc) is 2.40. The van der Waals surface area contributed by atoms with E-state index in [0.717, 1.165) is 6.42 Å². The molecule has 1 heteroatoms. The molecule has 0 radical (unpaired) electrons. The highest BCUT2D eigenvalue weighted by molar-refractivity contribution is 5.35. The summed E-state index contributed by atoms with van der Waals surface area (Å²) in [7, 11) is 2.01. The molecular formula is C17H21N. The van der Waals surface area contributed by atoms with E-state index in [9.17, 15) is 0 Å². The third kappa shape index (κ3) is 2.80. The van der Waals surface area contributed by atoms with Crippen molar-refractivity contribution in [2.45, 2.75) is 26.3 Å². The van der Waals surface area contributed by atoms with E-state index in [2.05, 4.69) is 67.7 Å². The van der Waals surface area contributed by atoms with Gasteiger partial charge in [0.2, 0.25) is 0 Å². The fourth-order valence-corrected chi connectivity index (χ4v) is 2.32. The molecule has 0 fully saturated rings. The number of aryl methyl sites for hydroxylation is 2. The minimum absolute atomic E-state index is 0.274. The van der Waals surface area contributed by atoms with Crippen molar-refractivity contribution in [1.29, 1.82) is 0 Å². The van der Waals surface area contributed by atoms with Gasteiger partial charge in [0.1, 0.15) is 0 Å². The maximum Gasteiger partial charge on any atom is 0.0574 e. The minimum atomic E-state index is 0.274. The van der Waals surface area contributed by atoms with E-state index in [1.807, 2.05) is 7.05 Å². The second kappa shape index (κ2) is 5.83. The molecule has 0 aromatic heterocycles. The van der Waals surface area contributed by atoms with E-state index in [-0.39, 0.29) is 6.04 Å². The minimum Gasteiger partial charge on any atom is -0.309 e. The topological polar surface area (TPSA) is 12.0 Å². The molecule has 0 saturated heterocycles. The van der Waals surface area contributed by atoms with Crippen LogP contribution in [0.2, 0.25) is 0 Å². The van der Waals surface area contributed by atoms with Gasteiger partial charge in [0, 0.05) is 0 Å². The first-order valence-corrected chi connectivity index (χ1v) is 6.57. The summed E-state index contributed by atoms with van der Waals surface area (Å²) in [5.41, 5.74) is 5.33. The molecule has 1 atom stereocenters. The van der Waals surface area contributed by atoms with Crippen LogP contribution in [0.25, 0.3) is 0 Å². The molecule has 1 nitrogen and oxygen atoms in total. The van der Waals surface area contributed by atoms with Crippen molar-refractivity contribution in [3.63, 3.8) is 0 Å². The first-order valence-electron chi connectivity index (χ1n) is 6.57. The first-order chi connectivity index (χ1) is 8.74. The molecule has 2 rings (SSSR count). The Hall–Kier alpha value is -1.60. The lowest BCUT2D eigenvalue weighted by atomic mass is 9.96. The Bertz CT molecular complexity index is 499. The van der Waals surface area contributed by atoms with E-state index < -0.39 is 0 Å². The van der Waals surface area contributed by atoms with Gasteiger partial charge in [0.25, 0.3) is 0 Å². The van der Waals surface area contributed by atoms with Gasteiger partial charge in [-0.05, 0) is 37.1 Å². The Kier molecular flexibility index (Phi) is 4.16. The van der Waals surface area contributed by atoms with Crippen LogP contribution in [0.4, 0.5) is 0 Å². The van der Waals surface area contributed by atoms with E-state index >= 15 is 0 Å². The van der Waals surface area contributed by atoms with E-state index in [0.29, 0.717) is 0 Å². The van der Waals surface area contributed by atoms with Crippen LogP contribution in [0.15, 0.2) is 48.5 Å². The number of hydrogen-bond donors (Lipinski definition) is 1. The maximum absolute atomic E-state index is 3.40. The van der Waals surface area contributed by atoms with Crippen LogP contribution in [0.5, 0.6) is 0 Å². The summed E-state index contributed by atoms with van der Waals surface area (Å²) in [6.45, 7) is 4.32. The lowest BCUT2D eigenvalue weighted by molar-refractivity contribution is 0.691. The predicted molar refractivity (Wildman–Crippen MR) is 77.9 cm³/mol. The van der Waals surface area contributed by atoms with Gasteiger partial charge in [-0.2, -0.15) is 0 Å². The van der Waals surface area contributed by atoms with Crippen LogP contribution in [-0.4, -0.2) is 7.05 Å². The second-order valence-corrected chi connectivity index (χ2v) is 4.73. The van der Waals surface area contributed by atoms with Crippen molar-refractivity contribution >= 4 is 0 Å². The van der Waals surface area contributed by atoms with E-state index in [4.69, 9.17) is 0 Å². The summed E-state index contributed by atoms with van der Waals surface area (Å²) >= 11 is 0. The highest BCUT2D eigenvalue weighted by Gasteiger charge is 2.11. The fourth-order valence-electron chi connectivity index (χ4n) is 2.32. The van der Waals surface area contributed by atoms with Crippen molar-refractivity contribution in [3.05, 3.63) is 70.8 Å². The maximum atomic E-state index is 3.40. The number of nitrogens with one attached hydrogen (secondary N) is 1. The first kappa shape index (κ1) is 12.8. The van der Waals surface area contributed by atoms with Crippen LogP contribution in [0.3, 0.4) is 0 Å². The Balaban J connectivity index is 2.32. The Labute approximate surface area is 110 Å². The quantitative estimate of drug-likeness (QED) is 0.854.